The van der Waals surface area contributed by atoms with E-state index in [1.807, 2.05) is 24.3 Å². The Kier molecular flexibility index (Phi) is 12.7. The summed E-state index contributed by atoms with van der Waals surface area (Å²) in [6.07, 6.45) is -0.204. The highest BCUT2D eigenvalue weighted by Crippen LogP contribution is 2.17. The van der Waals surface area contributed by atoms with Crippen molar-refractivity contribution in [2.75, 3.05) is 86.4 Å². The van der Waals surface area contributed by atoms with E-state index in [9.17, 15) is 0 Å². The van der Waals surface area contributed by atoms with Crippen LogP contribution in [0.4, 0.5) is 0 Å². The average Bonchev–Trinajstić information content (AvgIpc) is 2.73. The summed E-state index contributed by atoms with van der Waals surface area (Å²) in [7, 11) is 1.63. The van der Waals surface area contributed by atoms with E-state index in [1.165, 1.54) is 0 Å². The van der Waals surface area contributed by atoms with Crippen LogP contribution in [0.3, 0.4) is 0 Å². The van der Waals surface area contributed by atoms with Crippen LogP contribution in [0, 0.1) is 0 Å². The first-order valence-corrected chi connectivity index (χ1v) is 9.65. The lowest BCUT2D eigenvalue weighted by Gasteiger charge is -2.19. The van der Waals surface area contributed by atoms with E-state index in [1.54, 1.807) is 7.11 Å². The molecule has 1 heterocycles. The van der Waals surface area contributed by atoms with Crippen LogP contribution in [0.2, 0.25) is 0 Å². The predicted octanol–water partition coefficient (Wildman–Crippen LogP) is 1.56. The molecule has 0 saturated carbocycles. The maximum atomic E-state index is 5.85. The van der Waals surface area contributed by atoms with Gasteiger partial charge in [-0.15, -0.1) is 0 Å². The van der Waals surface area contributed by atoms with Gasteiger partial charge in [0.2, 0.25) is 0 Å². The van der Waals surface area contributed by atoms with E-state index in [0.717, 1.165) is 11.5 Å². The summed E-state index contributed by atoms with van der Waals surface area (Å²) in [4.78, 5) is 0. The normalized spacial score (nSPS) is 22.0. The Balaban J connectivity index is 1.73. The van der Waals surface area contributed by atoms with Gasteiger partial charge in [-0.05, 0) is 24.3 Å². The highest BCUT2D eigenvalue weighted by atomic mass is 16.6. The van der Waals surface area contributed by atoms with Gasteiger partial charge >= 0.3 is 0 Å². The third kappa shape index (κ3) is 10.8. The topological polar surface area (TPSA) is 73.8 Å². The van der Waals surface area contributed by atoms with Gasteiger partial charge < -0.3 is 37.9 Å². The molecule has 1 unspecified atom stereocenters. The van der Waals surface area contributed by atoms with Crippen molar-refractivity contribution in [1.82, 2.24) is 0 Å². The van der Waals surface area contributed by atoms with E-state index in [2.05, 4.69) is 0 Å². The van der Waals surface area contributed by atoms with Crippen LogP contribution < -0.4 is 9.47 Å². The monoisotopic (exact) mass is 400 g/mol. The summed E-state index contributed by atoms with van der Waals surface area (Å²) in [6, 6.07) is 7.43. The molecule has 0 radical (unpaired) electrons. The molecule has 8 heteroatoms. The second-order valence-corrected chi connectivity index (χ2v) is 6.00. The molecule has 0 amide bonds. The predicted molar refractivity (Wildman–Crippen MR) is 102 cm³/mol. The van der Waals surface area contributed by atoms with Crippen LogP contribution in [0.25, 0.3) is 0 Å². The molecule has 1 aliphatic heterocycles. The molecule has 1 aliphatic rings. The molecule has 8 nitrogen and oxygen atoms in total. The lowest BCUT2D eigenvalue weighted by Crippen LogP contribution is -2.29. The summed E-state index contributed by atoms with van der Waals surface area (Å²) in [5.74, 6) is 1.54. The SMILES string of the molecule is COc1ccc(OCC2COCCOCCOCCOCCOCCO2)cc1. The molecule has 1 aromatic rings. The first-order chi connectivity index (χ1) is 13.9. The fourth-order valence-corrected chi connectivity index (χ4v) is 2.37. The van der Waals surface area contributed by atoms with Crippen molar-refractivity contribution in [3.8, 4) is 11.5 Å². The van der Waals surface area contributed by atoms with Gasteiger partial charge in [0, 0.05) is 0 Å². The first kappa shape index (κ1) is 22.9. The Morgan fingerprint density at radius 2 is 1.14 bits per heavy atom. The largest absolute Gasteiger partial charge is 0.497 e. The average molecular weight is 400 g/mol. The molecule has 28 heavy (non-hydrogen) atoms. The standard InChI is InChI=1S/C20H32O8/c1-21-18-2-4-19(5-3-18)28-17-20-16-26-13-12-24-9-8-22-6-7-23-10-11-25-14-15-27-20/h2-5,20H,6-17H2,1H3. The van der Waals surface area contributed by atoms with E-state index >= 15 is 0 Å². The van der Waals surface area contributed by atoms with Crippen LogP contribution in [0.15, 0.2) is 24.3 Å². The van der Waals surface area contributed by atoms with Gasteiger partial charge in [-0.2, -0.15) is 0 Å². The zero-order valence-corrected chi connectivity index (χ0v) is 16.6. The van der Waals surface area contributed by atoms with Crippen molar-refractivity contribution >= 4 is 0 Å². The van der Waals surface area contributed by atoms with Crippen molar-refractivity contribution in [2.24, 2.45) is 0 Å². The van der Waals surface area contributed by atoms with Crippen molar-refractivity contribution in [2.45, 2.75) is 6.10 Å². The van der Waals surface area contributed by atoms with Crippen LogP contribution in [0.1, 0.15) is 0 Å². The van der Waals surface area contributed by atoms with Gasteiger partial charge in [0.25, 0.3) is 0 Å². The fourth-order valence-electron chi connectivity index (χ4n) is 2.37. The Morgan fingerprint density at radius 3 is 1.68 bits per heavy atom. The molecule has 0 N–H and O–H groups in total. The van der Waals surface area contributed by atoms with E-state index < -0.39 is 0 Å². The van der Waals surface area contributed by atoms with Gasteiger partial charge in [0.1, 0.15) is 24.2 Å². The molecule has 1 aromatic carbocycles. The van der Waals surface area contributed by atoms with Crippen LogP contribution in [0.5, 0.6) is 11.5 Å². The zero-order valence-electron chi connectivity index (χ0n) is 16.6. The molecular formula is C20H32O8. The van der Waals surface area contributed by atoms with Crippen LogP contribution in [-0.2, 0) is 28.4 Å². The lowest BCUT2D eigenvalue weighted by molar-refractivity contribution is -0.0711. The first-order valence-electron chi connectivity index (χ1n) is 9.65. The van der Waals surface area contributed by atoms with Crippen LogP contribution >= 0.6 is 0 Å². The van der Waals surface area contributed by atoms with E-state index in [0.29, 0.717) is 79.3 Å². The lowest BCUT2D eigenvalue weighted by atomic mass is 10.3. The van der Waals surface area contributed by atoms with Gasteiger partial charge in [-0.25, -0.2) is 0 Å². The molecule has 0 bridgehead atoms. The van der Waals surface area contributed by atoms with Gasteiger partial charge in [0.15, 0.2) is 0 Å². The zero-order chi connectivity index (χ0) is 19.7. The molecule has 1 atom stereocenters. The third-order valence-corrected chi connectivity index (χ3v) is 3.87. The summed E-state index contributed by atoms with van der Waals surface area (Å²) in [5.41, 5.74) is 0. The van der Waals surface area contributed by atoms with E-state index in [4.69, 9.17) is 37.9 Å². The Morgan fingerprint density at radius 1 is 0.679 bits per heavy atom. The highest BCUT2D eigenvalue weighted by molar-refractivity contribution is 5.31. The molecule has 0 spiro atoms. The van der Waals surface area contributed by atoms with Gasteiger partial charge in [0.05, 0.1) is 79.8 Å². The summed E-state index contributed by atoms with van der Waals surface area (Å²) < 4.78 is 44.3. The number of benzene rings is 1. The van der Waals surface area contributed by atoms with Gasteiger partial charge in [-0.3, -0.25) is 0 Å². The van der Waals surface area contributed by atoms with Crippen molar-refractivity contribution in [3.05, 3.63) is 24.3 Å². The summed E-state index contributed by atoms with van der Waals surface area (Å²) in [5, 5.41) is 0. The smallest absolute Gasteiger partial charge is 0.119 e. The maximum absolute atomic E-state index is 5.85. The number of hydrogen-bond donors (Lipinski definition) is 0. The highest BCUT2D eigenvalue weighted by Gasteiger charge is 2.11. The Labute approximate surface area is 166 Å². The fraction of sp³-hybridized carbons (Fsp3) is 0.700. The molecule has 0 aromatic heterocycles. The second-order valence-electron chi connectivity index (χ2n) is 6.00. The molecule has 1 fully saturated rings. The number of hydrogen-bond acceptors (Lipinski definition) is 8. The van der Waals surface area contributed by atoms with Crippen molar-refractivity contribution < 1.29 is 37.9 Å². The second kappa shape index (κ2) is 15.5. The minimum atomic E-state index is -0.204. The molecule has 2 rings (SSSR count). The molecular weight excluding hydrogens is 368 g/mol. The number of ether oxygens (including phenoxy) is 8. The minimum Gasteiger partial charge on any atom is -0.497 e. The Bertz CT molecular complexity index is 464. The maximum Gasteiger partial charge on any atom is 0.119 e. The Hall–Kier alpha value is -1.42. The quantitative estimate of drug-likeness (QED) is 0.754. The third-order valence-electron chi connectivity index (χ3n) is 3.87. The molecule has 160 valence electrons. The van der Waals surface area contributed by atoms with Gasteiger partial charge in [-0.1, -0.05) is 0 Å². The van der Waals surface area contributed by atoms with Crippen LogP contribution in [-0.4, -0.2) is 92.5 Å². The number of methoxy groups -OCH3 is 1. The summed E-state index contributed by atoms with van der Waals surface area (Å²) >= 11 is 0. The van der Waals surface area contributed by atoms with Crippen molar-refractivity contribution in [1.29, 1.82) is 0 Å². The minimum absolute atomic E-state index is 0.204. The van der Waals surface area contributed by atoms with E-state index in [-0.39, 0.29) is 6.10 Å². The molecule has 0 aliphatic carbocycles. The van der Waals surface area contributed by atoms with Crippen molar-refractivity contribution in [3.63, 3.8) is 0 Å². The molecule has 1 saturated heterocycles. The number of rotatable bonds is 4. The summed E-state index contributed by atoms with van der Waals surface area (Å²) in [6.45, 7) is 5.98.